The fourth-order valence-electron chi connectivity index (χ4n) is 4.08. The van der Waals surface area contributed by atoms with E-state index in [1.807, 2.05) is 48.5 Å². The van der Waals surface area contributed by atoms with Crippen LogP contribution in [-0.4, -0.2) is 65.0 Å². The number of furan rings is 1. The monoisotopic (exact) mass is 445 g/mol. The number of pyridine rings is 1. The summed E-state index contributed by atoms with van der Waals surface area (Å²) in [5, 5.41) is 8.31. The van der Waals surface area contributed by atoms with Gasteiger partial charge in [-0.3, -0.25) is 9.69 Å². The Morgan fingerprint density at radius 2 is 1.94 bits per heavy atom. The van der Waals surface area contributed by atoms with Crippen molar-refractivity contribution in [1.29, 1.82) is 0 Å². The Morgan fingerprint density at radius 1 is 1.09 bits per heavy atom. The first-order valence-corrected chi connectivity index (χ1v) is 11.3. The van der Waals surface area contributed by atoms with Crippen LogP contribution in [0.3, 0.4) is 0 Å². The minimum Gasteiger partial charge on any atom is -0.467 e. The number of carbonyl (C=O) groups excluding carboxylic acids is 1. The number of morpholine rings is 1. The van der Waals surface area contributed by atoms with Crippen molar-refractivity contribution in [2.75, 3.05) is 39.4 Å². The van der Waals surface area contributed by atoms with Gasteiger partial charge < -0.3 is 14.5 Å². The summed E-state index contributed by atoms with van der Waals surface area (Å²) in [6, 6.07) is 15.5. The number of carbonyl (C=O) groups is 1. The third kappa shape index (κ3) is 4.97. The zero-order valence-corrected chi connectivity index (χ0v) is 18.4. The van der Waals surface area contributed by atoms with E-state index in [4.69, 9.17) is 14.1 Å². The molecule has 0 bridgehead atoms. The molecule has 1 aromatic carbocycles. The topological polar surface area (TPSA) is 85.4 Å². The van der Waals surface area contributed by atoms with Crippen LogP contribution >= 0.6 is 0 Å². The predicted octanol–water partition coefficient (Wildman–Crippen LogP) is 3.19. The molecule has 8 nitrogen and oxygen atoms in total. The van der Waals surface area contributed by atoms with Crippen molar-refractivity contribution in [3.8, 4) is 11.3 Å². The van der Waals surface area contributed by atoms with Gasteiger partial charge in [-0.25, -0.2) is 9.67 Å². The lowest BCUT2D eigenvalue weighted by molar-refractivity contribution is 0.0374. The SMILES string of the molecule is O=C(NCCCN1CCOCC1)c1cc(-c2ccccc2)nc2c1cnn2Cc1ccco1. The lowest BCUT2D eigenvalue weighted by Crippen LogP contribution is -2.38. The molecule has 0 aliphatic carbocycles. The lowest BCUT2D eigenvalue weighted by Gasteiger charge is -2.26. The third-order valence-corrected chi connectivity index (χ3v) is 5.85. The van der Waals surface area contributed by atoms with Crippen molar-refractivity contribution >= 4 is 16.9 Å². The van der Waals surface area contributed by atoms with Crippen molar-refractivity contribution in [3.63, 3.8) is 0 Å². The quantitative estimate of drug-likeness (QED) is 0.419. The van der Waals surface area contributed by atoms with Crippen LogP contribution in [0, 0.1) is 0 Å². The molecule has 1 amide bonds. The Morgan fingerprint density at radius 3 is 2.73 bits per heavy atom. The average Bonchev–Trinajstić information content (AvgIpc) is 3.53. The summed E-state index contributed by atoms with van der Waals surface area (Å²) >= 11 is 0. The molecule has 8 heteroatoms. The van der Waals surface area contributed by atoms with E-state index in [1.54, 1.807) is 17.1 Å². The fraction of sp³-hybridized carbons (Fsp3) is 0.320. The van der Waals surface area contributed by atoms with E-state index in [1.165, 1.54) is 0 Å². The molecule has 0 spiro atoms. The highest BCUT2D eigenvalue weighted by Crippen LogP contribution is 2.25. The van der Waals surface area contributed by atoms with Crippen molar-refractivity contribution in [3.05, 3.63) is 72.3 Å². The van der Waals surface area contributed by atoms with Gasteiger partial charge in [-0.1, -0.05) is 30.3 Å². The van der Waals surface area contributed by atoms with E-state index in [9.17, 15) is 4.79 Å². The van der Waals surface area contributed by atoms with Crippen LogP contribution < -0.4 is 5.32 Å². The van der Waals surface area contributed by atoms with Crippen LogP contribution in [0.4, 0.5) is 0 Å². The first-order valence-electron chi connectivity index (χ1n) is 11.3. The van der Waals surface area contributed by atoms with Gasteiger partial charge in [0.25, 0.3) is 5.91 Å². The van der Waals surface area contributed by atoms with Gasteiger partial charge in [0.1, 0.15) is 12.3 Å². The second-order valence-corrected chi connectivity index (χ2v) is 8.10. The largest absolute Gasteiger partial charge is 0.467 e. The molecule has 170 valence electrons. The average molecular weight is 446 g/mol. The number of nitrogens with one attached hydrogen (secondary N) is 1. The van der Waals surface area contributed by atoms with Crippen molar-refractivity contribution in [2.45, 2.75) is 13.0 Å². The van der Waals surface area contributed by atoms with Crippen LogP contribution in [0.1, 0.15) is 22.5 Å². The van der Waals surface area contributed by atoms with E-state index < -0.39 is 0 Å². The standard InChI is InChI=1S/C25H27N5O3/c31-25(26-9-5-10-29-11-14-32-15-12-29)21-16-23(19-6-2-1-3-7-19)28-24-22(21)17-27-30(24)18-20-8-4-13-33-20/h1-4,6-8,13,16-17H,5,9-12,14-15,18H2,(H,26,31). The summed E-state index contributed by atoms with van der Waals surface area (Å²) in [6.07, 6.45) is 4.24. The number of benzene rings is 1. The van der Waals surface area contributed by atoms with Gasteiger partial charge in [-0.2, -0.15) is 5.10 Å². The molecule has 1 saturated heterocycles. The summed E-state index contributed by atoms with van der Waals surface area (Å²) in [5.74, 6) is 0.667. The molecule has 1 aliphatic heterocycles. The maximum Gasteiger partial charge on any atom is 0.252 e. The van der Waals surface area contributed by atoms with E-state index >= 15 is 0 Å². The van der Waals surface area contributed by atoms with Gasteiger partial charge in [0.2, 0.25) is 0 Å². The van der Waals surface area contributed by atoms with Gasteiger partial charge in [0, 0.05) is 25.2 Å². The van der Waals surface area contributed by atoms with Crippen molar-refractivity contribution in [1.82, 2.24) is 25.0 Å². The number of aromatic nitrogens is 3. The molecular formula is C25H27N5O3. The summed E-state index contributed by atoms with van der Waals surface area (Å²) < 4.78 is 12.7. The van der Waals surface area contributed by atoms with Crippen LogP contribution in [0.5, 0.6) is 0 Å². The molecule has 1 N–H and O–H groups in total. The highest BCUT2D eigenvalue weighted by Gasteiger charge is 2.18. The second-order valence-electron chi connectivity index (χ2n) is 8.10. The van der Waals surface area contributed by atoms with E-state index in [0.717, 1.165) is 61.7 Å². The fourth-order valence-corrected chi connectivity index (χ4v) is 4.08. The van der Waals surface area contributed by atoms with Crippen molar-refractivity contribution < 1.29 is 13.9 Å². The maximum absolute atomic E-state index is 13.2. The van der Waals surface area contributed by atoms with Gasteiger partial charge >= 0.3 is 0 Å². The molecule has 0 radical (unpaired) electrons. The lowest BCUT2D eigenvalue weighted by atomic mass is 10.1. The number of nitrogens with zero attached hydrogens (tertiary/aromatic N) is 4. The number of ether oxygens (including phenoxy) is 1. The minimum absolute atomic E-state index is 0.112. The summed E-state index contributed by atoms with van der Waals surface area (Å²) in [4.78, 5) is 20.4. The first-order chi connectivity index (χ1) is 16.3. The smallest absolute Gasteiger partial charge is 0.252 e. The normalized spacial score (nSPS) is 14.5. The summed E-state index contributed by atoms with van der Waals surface area (Å²) in [7, 11) is 0. The molecule has 0 saturated carbocycles. The van der Waals surface area contributed by atoms with E-state index in [0.29, 0.717) is 24.3 Å². The Labute approximate surface area is 192 Å². The number of hydrogen-bond acceptors (Lipinski definition) is 6. The third-order valence-electron chi connectivity index (χ3n) is 5.85. The van der Waals surface area contributed by atoms with Crippen LogP contribution in [0.2, 0.25) is 0 Å². The van der Waals surface area contributed by atoms with Gasteiger partial charge in [-0.05, 0) is 31.2 Å². The van der Waals surface area contributed by atoms with Gasteiger partial charge in [0.05, 0.1) is 42.3 Å². The zero-order chi connectivity index (χ0) is 22.5. The second kappa shape index (κ2) is 9.97. The molecule has 0 atom stereocenters. The molecule has 5 rings (SSSR count). The predicted molar refractivity (Wildman–Crippen MR) is 125 cm³/mol. The highest BCUT2D eigenvalue weighted by molar-refractivity contribution is 6.06. The molecule has 3 aromatic heterocycles. The number of hydrogen-bond donors (Lipinski definition) is 1. The molecule has 33 heavy (non-hydrogen) atoms. The summed E-state index contributed by atoms with van der Waals surface area (Å²) in [6.45, 7) is 5.48. The Bertz CT molecular complexity index is 1200. The molecule has 4 aromatic rings. The Hall–Kier alpha value is -3.49. The Balaban J connectivity index is 1.39. The molecule has 4 heterocycles. The first kappa shape index (κ1) is 21.4. The number of fused-ring (bicyclic) bond motifs is 1. The number of amides is 1. The zero-order valence-electron chi connectivity index (χ0n) is 18.4. The Kier molecular flexibility index (Phi) is 6.46. The maximum atomic E-state index is 13.2. The van der Waals surface area contributed by atoms with Crippen LogP contribution in [0.15, 0.2) is 65.4 Å². The highest BCUT2D eigenvalue weighted by atomic mass is 16.5. The molecule has 1 aliphatic rings. The van der Waals surface area contributed by atoms with Gasteiger partial charge in [0.15, 0.2) is 5.65 Å². The van der Waals surface area contributed by atoms with Crippen LogP contribution in [0.25, 0.3) is 22.3 Å². The van der Waals surface area contributed by atoms with Gasteiger partial charge in [-0.15, -0.1) is 0 Å². The van der Waals surface area contributed by atoms with Crippen molar-refractivity contribution in [2.24, 2.45) is 0 Å². The van der Waals surface area contributed by atoms with Crippen LogP contribution in [-0.2, 0) is 11.3 Å². The summed E-state index contributed by atoms with van der Waals surface area (Å²) in [5.41, 5.74) is 2.93. The molecular weight excluding hydrogens is 418 g/mol. The molecule has 0 unspecified atom stereocenters. The molecule has 1 fully saturated rings. The minimum atomic E-state index is -0.112. The van der Waals surface area contributed by atoms with E-state index in [-0.39, 0.29) is 5.91 Å². The number of rotatable bonds is 8. The van der Waals surface area contributed by atoms with E-state index in [2.05, 4.69) is 15.3 Å².